The van der Waals surface area contributed by atoms with Crippen LogP contribution in [-0.2, 0) is 16.6 Å². The molecule has 0 radical (unpaired) electrons. The van der Waals surface area contributed by atoms with E-state index in [1.165, 1.54) is 22.6 Å². The van der Waals surface area contributed by atoms with E-state index in [1.807, 2.05) is 6.07 Å². The summed E-state index contributed by atoms with van der Waals surface area (Å²) in [7, 11) is -3.57. The largest absolute Gasteiger partial charge is 0.345 e. The average molecular weight is 374 g/mol. The molecule has 1 saturated heterocycles. The highest BCUT2D eigenvalue weighted by atomic mass is 32.2. The third kappa shape index (κ3) is 3.23. The second-order valence-corrected chi connectivity index (χ2v) is 8.27. The number of rotatable bonds is 4. The van der Waals surface area contributed by atoms with E-state index in [4.69, 9.17) is 0 Å². The monoisotopic (exact) mass is 374 g/mol. The molecule has 0 spiro atoms. The summed E-state index contributed by atoms with van der Waals surface area (Å²) in [6, 6.07) is 9.99. The molecule has 0 aliphatic carbocycles. The van der Waals surface area contributed by atoms with Gasteiger partial charge in [0.05, 0.1) is 0 Å². The molecule has 1 aliphatic heterocycles. The lowest BCUT2D eigenvalue weighted by atomic mass is 10.2. The van der Waals surface area contributed by atoms with Crippen LogP contribution in [-0.4, -0.2) is 53.8 Å². The van der Waals surface area contributed by atoms with Crippen molar-refractivity contribution in [3.05, 3.63) is 60.2 Å². The number of pyridine rings is 1. The molecule has 1 fully saturated rings. The van der Waals surface area contributed by atoms with Gasteiger partial charge in [0.25, 0.3) is 0 Å². The molecule has 1 N–H and O–H groups in total. The molecule has 2 aromatic heterocycles. The minimum absolute atomic E-state index is 0.253. The van der Waals surface area contributed by atoms with Crippen LogP contribution in [0.2, 0.25) is 0 Å². The van der Waals surface area contributed by atoms with Crippen LogP contribution in [0.25, 0.3) is 11.0 Å². The van der Waals surface area contributed by atoms with E-state index in [9.17, 15) is 12.8 Å². The minimum Gasteiger partial charge on any atom is -0.345 e. The first kappa shape index (κ1) is 17.1. The minimum atomic E-state index is -3.57. The van der Waals surface area contributed by atoms with Gasteiger partial charge in [-0.3, -0.25) is 4.90 Å². The topological polar surface area (TPSA) is 69.3 Å². The Bertz CT molecular complexity index is 1030. The number of piperazine rings is 1. The lowest BCUT2D eigenvalue weighted by Gasteiger charge is -2.33. The number of hydrogen-bond donors (Lipinski definition) is 1. The first-order valence-electron chi connectivity index (χ1n) is 8.43. The molecule has 0 amide bonds. The number of nitrogens with one attached hydrogen (secondary N) is 1. The number of fused-ring (bicyclic) bond motifs is 1. The zero-order valence-electron chi connectivity index (χ0n) is 14.1. The zero-order valence-corrected chi connectivity index (χ0v) is 14.9. The van der Waals surface area contributed by atoms with Gasteiger partial charge in [0.2, 0.25) is 10.0 Å². The van der Waals surface area contributed by atoms with Crippen LogP contribution in [0.4, 0.5) is 4.39 Å². The highest BCUT2D eigenvalue weighted by molar-refractivity contribution is 7.89. The Balaban J connectivity index is 1.47. The van der Waals surface area contributed by atoms with Crippen LogP contribution < -0.4 is 0 Å². The molecule has 136 valence electrons. The second-order valence-electron chi connectivity index (χ2n) is 6.36. The maximum atomic E-state index is 13.3. The van der Waals surface area contributed by atoms with E-state index in [1.54, 1.807) is 24.4 Å². The van der Waals surface area contributed by atoms with E-state index >= 15 is 0 Å². The molecule has 8 heteroatoms. The van der Waals surface area contributed by atoms with E-state index in [2.05, 4.69) is 14.9 Å². The summed E-state index contributed by atoms with van der Waals surface area (Å²) in [5.41, 5.74) is 1.46. The van der Waals surface area contributed by atoms with E-state index in [0.29, 0.717) is 43.8 Å². The molecule has 1 aromatic carbocycles. The van der Waals surface area contributed by atoms with Gasteiger partial charge in [0.15, 0.2) is 0 Å². The number of H-pyrrole nitrogens is 1. The van der Waals surface area contributed by atoms with Gasteiger partial charge in [0, 0.05) is 50.5 Å². The molecule has 26 heavy (non-hydrogen) atoms. The Morgan fingerprint density at radius 1 is 1.12 bits per heavy atom. The van der Waals surface area contributed by atoms with Crippen LogP contribution in [0, 0.1) is 5.82 Å². The van der Waals surface area contributed by atoms with Crippen molar-refractivity contribution >= 4 is 21.1 Å². The summed E-state index contributed by atoms with van der Waals surface area (Å²) < 4.78 is 40.8. The third-order valence-corrected chi connectivity index (χ3v) is 6.60. The summed E-state index contributed by atoms with van der Waals surface area (Å²) in [5.74, 6) is -0.253. The Morgan fingerprint density at radius 2 is 1.92 bits per heavy atom. The number of hydrogen-bond acceptors (Lipinski definition) is 4. The number of halogens is 1. The molecule has 0 unspecified atom stereocenters. The summed E-state index contributed by atoms with van der Waals surface area (Å²) in [5, 5.41) is 0.606. The lowest BCUT2D eigenvalue weighted by Crippen LogP contribution is -2.48. The lowest BCUT2D eigenvalue weighted by molar-refractivity contribution is 0.181. The fourth-order valence-electron chi connectivity index (χ4n) is 3.30. The van der Waals surface area contributed by atoms with Crippen molar-refractivity contribution in [2.75, 3.05) is 26.2 Å². The van der Waals surface area contributed by atoms with Crippen molar-refractivity contribution in [1.29, 1.82) is 0 Å². The van der Waals surface area contributed by atoms with Crippen LogP contribution in [0.3, 0.4) is 0 Å². The predicted octanol–water partition coefficient (Wildman–Crippen LogP) is 2.21. The van der Waals surface area contributed by atoms with Crippen molar-refractivity contribution in [3.63, 3.8) is 0 Å². The molecule has 0 bridgehead atoms. The van der Waals surface area contributed by atoms with Gasteiger partial charge < -0.3 is 4.98 Å². The number of aromatic nitrogens is 2. The van der Waals surface area contributed by atoms with Gasteiger partial charge >= 0.3 is 0 Å². The average Bonchev–Trinajstić information content (AvgIpc) is 3.07. The van der Waals surface area contributed by atoms with Gasteiger partial charge in [0.1, 0.15) is 16.4 Å². The molecular weight excluding hydrogens is 355 g/mol. The summed E-state index contributed by atoms with van der Waals surface area (Å²) >= 11 is 0. The van der Waals surface area contributed by atoms with Gasteiger partial charge in [-0.25, -0.2) is 17.8 Å². The molecule has 0 atom stereocenters. The first-order valence-corrected chi connectivity index (χ1v) is 9.87. The molecule has 3 aromatic rings. The van der Waals surface area contributed by atoms with Crippen molar-refractivity contribution in [1.82, 2.24) is 19.2 Å². The fourth-order valence-corrected chi connectivity index (χ4v) is 4.88. The highest BCUT2D eigenvalue weighted by Gasteiger charge is 2.30. The molecule has 4 rings (SSSR count). The van der Waals surface area contributed by atoms with Crippen molar-refractivity contribution in [3.8, 4) is 0 Å². The standard InChI is InChI=1S/C18H19FN4O2S/c19-15-4-1-3-14(11-15)13-22-7-9-23(10-8-22)26(24,25)17-12-21-18-16(17)5-2-6-20-18/h1-6,11-12H,7-10,13H2,(H,20,21). The molecule has 3 heterocycles. The zero-order chi connectivity index (χ0) is 18.1. The van der Waals surface area contributed by atoms with Crippen molar-refractivity contribution < 1.29 is 12.8 Å². The maximum absolute atomic E-state index is 13.3. The Morgan fingerprint density at radius 3 is 2.69 bits per heavy atom. The summed E-state index contributed by atoms with van der Waals surface area (Å²) in [6.07, 6.45) is 3.13. The number of sulfonamides is 1. The van der Waals surface area contributed by atoms with Gasteiger partial charge in [-0.2, -0.15) is 4.31 Å². The predicted molar refractivity (Wildman–Crippen MR) is 96.5 cm³/mol. The number of nitrogens with zero attached hydrogens (tertiary/aromatic N) is 3. The molecule has 6 nitrogen and oxygen atoms in total. The van der Waals surface area contributed by atoms with Gasteiger partial charge in [-0.1, -0.05) is 12.1 Å². The Labute approximate surface area is 151 Å². The normalized spacial score (nSPS) is 17.0. The smallest absolute Gasteiger partial charge is 0.245 e. The van der Waals surface area contributed by atoms with E-state index in [0.717, 1.165) is 5.56 Å². The van der Waals surface area contributed by atoms with Gasteiger partial charge in [-0.15, -0.1) is 0 Å². The highest BCUT2D eigenvalue weighted by Crippen LogP contribution is 2.25. The van der Waals surface area contributed by atoms with Crippen LogP contribution >= 0.6 is 0 Å². The van der Waals surface area contributed by atoms with Crippen LogP contribution in [0.5, 0.6) is 0 Å². The second kappa shape index (κ2) is 6.79. The molecule has 0 saturated carbocycles. The summed E-state index contributed by atoms with van der Waals surface area (Å²) in [4.78, 5) is 9.47. The number of aromatic amines is 1. The van der Waals surface area contributed by atoms with Gasteiger partial charge in [-0.05, 0) is 29.8 Å². The van der Waals surface area contributed by atoms with E-state index in [-0.39, 0.29) is 10.7 Å². The Hall–Kier alpha value is -2.29. The van der Waals surface area contributed by atoms with Crippen LogP contribution in [0.15, 0.2) is 53.7 Å². The maximum Gasteiger partial charge on any atom is 0.245 e. The third-order valence-electron chi connectivity index (χ3n) is 4.66. The SMILES string of the molecule is O=S(=O)(c1c[nH]c2ncccc12)N1CCN(Cc2cccc(F)c2)CC1. The fraction of sp³-hybridized carbons (Fsp3) is 0.278. The van der Waals surface area contributed by atoms with Crippen LogP contribution in [0.1, 0.15) is 5.56 Å². The summed E-state index contributed by atoms with van der Waals surface area (Å²) in [6.45, 7) is 2.64. The quantitative estimate of drug-likeness (QED) is 0.760. The first-order chi connectivity index (χ1) is 12.5. The molecule has 1 aliphatic rings. The molecular formula is C18H19FN4O2S. The number of benzene rings is 1. The van der Waals surface area contributed by atoms with E-state index < -0.39 is 10.0 Å². The van der Waals surface area contributed by atoms with Crippen molar-refractivity contribution in [2.24, 2.45) is 0 Å². The van der Waals surface area contributed by atoms with Crippen molar-refractivity contribution in [2.45, 2.75) is 11.4 Å². The Kier molecular flexibility index (Phi) is 4.47.